The van der Waals surface area contributed by atoms with Crippen molar-refractivity contribution in [2.45, 2.75) is 6.10 Å². The number of morpholine rings is 1. The first-order valence-corrected chi connectivity index (χ1v) is 5.75. The minimum absolute atomic E-state index is 0.0435. The molecule has 1 aliphatic rings. The van der Waals surface area contributed by atoms with Crippen molar-refractivity contribution in [1.29, 1.82) is 5.26 Å². The maximum absolute atomic E-state index is 13.6. The average Bonchev–Trinajstić information content (AvgIpc) is 2.38. The molecule has 0 radical (unpaired) electrons. The molecule has 1 amide bonds. The molecule has 4 nitrogen and oxygen atoms in total. The van der Waals surface area contributed by atoms with Crippen molar-refractivity contribution in [2.75, 3.05) is 19.7 Å². The first-order valence-electron chi connectivity index (χ1n) is 5.37. The van der Waals surface area contributed by atoms with Crippen molar-refractivity contribution in [2.24, 2.45) is 0 Å². The first-order chi connectivity index (χ1) is 8.61. The monoisotopic (exact) mass is 268 g/mol. The zero-order valence-corrected chi connectivity index (χ0v) is 10.2. The number of nitrogens with zero attached hydrogens (tertiary/aromatic N) is 2. The molecule has 1 fully saturated rings. The maximum atomic E-state index is 13.6. The minimum Gasteiger partial charge on any atom is -0.360 e. The zero-order chi connectivity index (χ0) is 13.1. The van der Waals surface area contributed by atoms with Gasteiger partial charge in [0.2, 0.25) is 0 Å². The molecule has 0 aromatic heterocycles. The lowest BCUT2D eigenvalue weighted by atomic mass is 10.1. The number of hydrogen-bond donors (Lipinski definition) is 0. The number of halogens is 2. The molecule has 1 unspecified atom stereocenters. The van der Waals surface area contributed by atoms with Gasteiger partial charge in [0.1, 0.15) is 5.82 Å². The van der Waals surface area contributed by atoms with Crippen molar-refractivity contribution in [1.82, 2.24) is 4.90 Å². The van der Waals surface area contributed by atoms with Crippen LogP contribution < -0.4 is 0 Å². The number of rotatable bonds is 1. The third kappa shape index (κ3) is 2.61. The Hall–Kier alpha value is -1.64. The van der Waals surface area contributed by atoms with Gasteiger partial charge in [-0.05, 0) is 18.2 Å². The van der Waals surface area contributed by atoms with E-state index in [1.165, 1.54) is 17.0 Å². The van der Waals surface area contributed by atoms with Gasteiger partial charge in [-0.25, -0.2) is 4.39 Å². The van der Waals surface area contributed by atoms with Crippen LogP contribution >= 0.6 is 11.6 Å². The largest absolute Gasteiger partial charge is 0.360 e. The number of carbonyl (C=O) groups excluding carboxylic acids is 1. The Morgan fingerprint density at radius 2 is 2.39 bits per heavy atom. The van der Waals surface area contributed by atoms with Gasteiger partial charge in [0.15, 0.2) is 6.10 Å². The van der Waals surface area contributed by atoms with Crippen LogP contribution in [0.4, 0.5) is 4.39 Å². The molecule has 1 atom stereocenters. The Morgan fingerprint density at radius 1 is 1.61 bits per heavy atom. The molecule has 2 rings (SSSR count). The lowest BCUT2D eigenvalue weighted by Gasteiger charge is -2.29. The van der Waals surface area contributed by atoms with E-state index in [0.717, 1.165) is 6.07 Å². The molecular formula is C12H10ClFN2O2. The van der Waals surface area contributed by atoms with Crippen LogP contribution in [0.2, 0.25) is 5.02 Å². The highest BCUT2D eigenvalue weighted by atomic mass is 35.5. The van der Waals surface area contributed by atoms with E-state index in [4.69, 9.17) is 21.6 Å². The van der Waals surface area contributed by atoms with Crippen LogP contribution in [0.3, 0.4) is 0 Å². The standard InChI is InChI=1S/C12H10ClFN2O2/c13-8-1-2-10(11(14)5-8)12(17)16-3-4-18-9(6-15)7-16/h1-2,5,9H,3-4,7H2. The van der Waals surface area contributed by atoms with Crippen LogP contribution in [0, 0.1) is 17.1 Å². The fourth-order valence-corrected chi connectivity index (χ4v) is 1.90. The summed E-state index contributed by atoms with van der Waals surface area (Å²) in [5.74, 6) is -1.11. The van der Waals surface area contributed by atoms with E-state index in [9.17, 15) is 9.18 Å². The third-order valence-electron chi connectivity index (χ3n) is 2.66. The van der Waals surface area contributed by atoms with Crippen molar-refractivity contribution < 1.29 is 13.9 Å². The van der Waals surface area contributed by atoms with E-state index >= 15 is 0 Å². The maximum Gasteiger partial charge on any atom is 0.257 e. The second kappa shape index (κ2) is 5.34. The molecule has 1 aliphatic heterocycles. The van der Waals surface area contributed by atoms with E-state index in [1.54, 1.807) is 0 Å². The van der Waals surface area contributed by atoms with Gasteiger partial charge in [-0.1, -0.05) is 11.6 Å². The van der Waals surface area contributed by atoms with Gasteiger partial charge in [0.25, 0.3) is 5.91 Å². The number of benzene rings is 1. The van der Waals surface area contributed by atoms with Gasteiger partial charge in [0, 0.05) is 11.6 Å². The molecule has 1 aromatic rings. The Balaban J connectivity index is 2.18. The van der Waals surface area contributed by atoms with Crippen LogP contribution in [0.25, 0.3) is 0 Å². The molecular weight excluding hydrogens is 259 g/mol. The summed E-state index contributed by atoms with van der Waals surface area (Å²) in [6.45, 7) is 0.773. The van der Waals surface area contributed by atoms with Gasteiger partial charge in [-0.3, -0.25) is 4.79 Å². The predicted molar refractivity (Wildman–Crippen MR) is 62.7 cm³/mol. The van der Waals surface area contributed by atoms with E-state index in [-0.39, 0.29) is 23.7 Å². The summed E-state index contributed by atoms with van der Waals surface area (Å²) in [5.41, 5.74) is -0.0435. The SMILES string of the molecule is N#CC1CN(C(=O)c2ccc(Cl)cc2F)CCO1. The fourth-order valence-electron chi connectivity index (χ4n) is 1.75. The highest BCUT2D eigenvalue weighted by Gasteiger charge is 2.26. The lowest BCUT2D eigenvalue weighted by molar-refractivity contribution is 0.00326. The molecule has 0 aliphatic carbocycles. The zero-order valence-electron chi connectivity index (χ0n) is 9.40. The normalized spacial score (nSPS) is 19.4. The molecule has 1 saturated heterocycles. The van der Waals surface area contributed by atoms with E-state index in [2.05, 4.69) is 0 Å². The summed E-state index contributed by atoms with van der Waals surface area (Å²) < 4.78 is 18.7. The van der Waals surface area contributed by atoms with Gasteiger partial charge in [-0.2, -0.15) is 5.26 Å². The summed E-state index contributed by atoms with van der Waals surface area (Å²) in [6.07, 6.45) is -0.655. The van der Waals surface area contributed by atoms with E-state index < -0.39 is 17.8 Å². The second-order valence-corrected chi connectivity index (χ2v) is 4.30. The summed E-state index contributed by atoms with van der Waals surface area (Å²) in [5, 5.41) is 8.98. The Labute approximate surface area is 109 Å². The smallest absolute Gasteiger partial charge is 0.257 e. The Morgan fingerprint density at radius 3 is 3.06 bits per heavy atom. The van der Waals surface area contributed by atoms with Gasteiger partial charge < -0.3 is 9.64 Å². The van der Waals surface area contributed by atoms with Gasteiger partial charge >= 0.3 is 0 Å². The second-order valence-electron chi connectivity index (χ2n) is 3.86. The molecule has 0 saturated carbocycles. The average molecular weight is 269 g/mol. The van der Waals surface area contributed by atoms with Crippen LogP contribution in [0.15, 0.2) is 18.2 Å². The van der Waals surface area contributed by atoms with Crippen molar-refractivity contribution in [3.63, 3.8) is 0 Å². The Kier molecular flexibility index (Phi) is 3.80. The van der Waals surface area contributed by atoms with Crippen LogP contribution in [0.5, 0.6) is 0 Å². The molecule has 18 heavy (non-hydrogen) atoms. The molecule has 0 spiro atoms. The minimum atomic E-state index is -0.660. The van der Waals surface area contributed by atoms with Gasteiger partial charge in [0.05, 0.1) is 24.8 Å². The predicted octanol–water partition coefficient (Wildman–Crippen LogP) is 1.84. The molecule has 0 N–H and O–H groups in total. The third-order valence-corrected chi connectivity index (χ3v) is 2.89. The van der Waals surface area contributed by atoms with E-state index in [0.29, 0.717) is 6.54 Å². The number of carbonyl (C=O) groups is 1. The number of amides is 1. The summed E-state index contributed by atoms with van der Waals surface area (Å²) >= 11 is 5.63. The lowest BCUT2D eigenvalue weighted by Crippen LogP contribution is -2.45. The summed E-state index contributed by atoms with van der Waals surface area (Å²) in [4.78, 5) is 13.5. The van der Waals surface area contributed by atoms with Crippen LogP contribution in [-0.4, -0.2) is 36.6 Å². The van der Waals surface area contributed by atoms with Gasteiger partial charge in [-0.15, -0.1) is 0 Å². The highest BCUT2D eigenvalue weighted by molar-refractivity contribution is 6.30. The van der Waals surface area contributed by atoms with Crippen LogP contribution in [0.1, 0.15) is 10.4 Å². The number of ether oxygens (including phenoxy) is 1. The topological polar surface area (TPSA) is 53.3 Å². The first kappa shape index (κ1) is 12.8. The van der Waals surface area contributed by atoms with Crippen molar-refractivity contribution >= 4 is 17.5 Å². The van der Waals surface area contributed by atoms with Crippen LogP contribution in [-0.2, 0) is 4.74 Å². The Bertz CT molecular complexity index is 515. The van der Waals surface area contributed by atoms with Crippen molar-refractivity contribution in [3.05, 3.63) is 34.6 Å². The number of hydrogen-bond acceptors (Lipinski definition) is 3. The summed E-state index contributed by atoms with van der Waals surface area (Å²) in [7, 11) is 0. The van der Waals surface area contributed by atoms with Crippen molar-refractivity contribution in [3.8, 4) is 6.07 Å². The molecule has 1 aromatic carbocycles. The summed E-state index contributed by atoms with van der Waals surface area (Å²) in [6, 6.07) is 5.83. The molecule has 1 heterocycles. The van der Waals surface area contributed by atoms with E-state index in [1.807, 2.05) is 6.07 Å². The number of nitriles is 1. The molecule has 6 heteroatoms. The fraction of sp³-hybridized carbons (Fsp3) is 0.333. The highest BCUT2D eigenvalue weighted by Crippen LogP contribution is 2.17. The quantitative estimate of drug-likeness (QED) is 0.781. The molecule has 94 valence electrons. The molecule has 0 bridgehead atoms.